The minimum Gasteiger partial charge on any atom is -0.478 e. The van der Waals surface area contributed by atoms with Crippen molar-refractivity contribution in [3.05, 3.63) is 35.4 Å². The van der Waals surface area contributed by atoms with E-state index in [4.69, 9.17) is 5.11 Å². The molecule has 0 spiro atoms. The summed E-state index contributed by atoms with van der Waals surface area (Å²) in [7, 11) is 0. The van der Waals surface area contributed by atoms with Gasteiger partial charge in [0.15, 0.2) is 0 Å². The second-order valence-corrected chi connectivity index (χ2v) is 4.91. The normalized spacial score (nSPS) is 16.1. The molecular weight excluding hydrogens is 230 g/mol. The van der Waals surface area contributed by atoms with E-state index < -0.39 is 5.97 Å². The van der Waals surface area contributed by atoms with Crippen molar-refractivity contribution in [1.29, 1.82) is 0 Å². The Kier molecular flexibility index (Phi) is 3.65. The average Bonchev–Trinajstić information content (AvgIpc) is 3.20. The molecule has 2 N–H and O–H groups in total. The summed E-state index contributed by atoms with van der Waals surface area (Å²) in [6, 6.07) is 6.09. The van der Waals surface area contributed by atoms with Crippen molar-refractivity contribution in [2.75, 3.05) is 6.54 Å². The summed E-state index contributed by atoms with van der Waals surface area (Å²) in [6.07, 6.45) is 2.51. The van der Waals surface area contributed by atoms with Crippen LogP contribution in [0.15, 0.2) is 24.3 Å². The fraction of sp³-hybridized carbons (Fsp3) is 0.429. The van der Waals surface area contributed by atoms with E-state index in [1.54, 1.807) is 12.1 Å². The van der Waals surface area contributed by atoms with Gasteiger partial charge >= 0.3 is 5.97 Å². The highest BCUT2D eigenvalue weighted by Crippen LogP contribution is 2.36. The number of aromatic carboxylic acids is 1. The van der Waals surface area contributed by atoms with Gasteiger partial charge in [0.1, 0.15) is 0 Å². The third-order valence-corrected chi connectivity index (χ3v) is 3.38. The highest BCUT2D eigenvalue weighted by molar-refractivity contribution is 5.97. The Balaban J connectivity index is 1.95. The highest BCUT2D eigenvalue weighted by atomic mass is 16.4. The van der Waals surface area contributed by atoms with E-state index in [9.17, 15) is 9.59 Å². The van der Waals surface area contributed by atoms with E-state index >= 15 is 0 Å². The minimum atomic E-state index is -1.02. The molecule has 0 bridgehead atoms. The van der Waals surface area contributed by atoms with Crippen molar-refractivity contribution in [2.24, 2.45) is 11.8 Å². The number of rotatable bonds is 5. The SMILES string of the molecule is CC(CNC(=O)c1cccc(C(=O)O)c1)C1CC1. The van der Waals surface area contributed by atoms with Crippen LogP contribution in [-0.2, 0) is 0 Å². The predicted molar refractivity (Wildman–Crippen MR) is 67.6 cm³/mol. The van der Waals surface area contributed by atoms with E-state index in [1.165, 1.54) is 25.0 Å². The molecule has 1 aliphatic carbocycles. The molecule has 0 radical (unpaired) electrons. The molecule has 1 amide bonds. The van der Waals surface area contributed by atoms with Crippen LogP contribution in [0.4, 0.5) is 0 Å². The maximum absolute atomic E-state index is 11.9. The third kappa shape index (κ3) is 3.09. The number of nitrogens with one attached hydrogen (secondary N) is 1. The van der Waals surface area contributed by atoms with Crippen molar-refractivity contribution in [1.82, 2.24) is 5.32 Å². The van der Waals surface area contributed by atoms with Gasteiger partial charge in [0.05, 0.1) is 5.56 Å². The number of carboxylic acids is 1. The van der Waals surface area contributed by atoms with Gasteiger partial charge in [-0.2, -0.15) is 0 Å². The van der Waals surface area contributed by atoms with Crippen LogP contribution in [0, 0.1) is 11.8 Å². The van der Waals surface area contributed by atoms with Gasteiger partial charge in [-0.25, -0.2) is 4.79 Å². The van der Waals surface area contributed by atoms with Gasteiger partial charge in [-0.1, -0.05) is 13.0 Å². The molecule has 0 aliphatic heterocycles. The first kappa shape index (κ1) is 12.6. The zero-order chi connectivity index (χ0) is 13.1. The largest absolute Gasteiger partial charge is 0.478 e. The van der Waals surface area contributed by atoms with E-state index in [0.29, 0.717) is 18.0 Å². The zero-order valence-electron chi connectivity index (χ0n) is 10.3. The first-order valence-corrected chi connectivity index (χ1v) is 6.19. The Labute approximate surface area is 106 Å². The summed E-state index contributed by atoms with van der Waals surface area (Å²) in [5, 5.41) is 11.7. The molecule has 4 nitrogen and oxygen atoms in total. The average molecular weight is 247 g/mol. The van der Waals surface area contributed by atoms with E-state index in [0.717, 1.165) is 5.92 Å². The molecule has 1 aliphatic rings. The number of carboxylic acid groups (broad SMARTS) is 1. The lowest BCUT2D eigenvalue weighted by molar-refractivity contribution is 0.0697. The van der Waals surface area contributed by atoms with Crippen LogP contribution in [-0.4, -0.2) is 23.5 Å². The van der Waals surface area contributed by atoms with Gasteiger partial charge in [0.25, 0.3) is 5.91 Å². The Morgan fingerprint density at radius 1 is 1.39 bits per heavy atom. The molecular formula is C14H17NO3. The van der Waals surface area contributed by atoms with Crippen molar-refractivity contribution in [2.45, 2.75) is 19.8 Å². The number of carbonyl (C=O) groups excluding carboxylic acids is 1. The van der Waals surface area contributed by atoms with Crippen LogP contribution in [0.2, 0.25) is 0 Å². The molecule has 1 fully saturated rings. The van der Waals surface area contributed by atoms with Gasteiger partial charge < -0.3 is 10.4 Å². The first-order valence-electron chi connectivity index (χ1n) is 6.19. The van der Waals surface area contributed by atoms with Crippen molar-refractivity contribution in [3.63, 3.8) is 0 Å². The number of hydrogen-bond donors (Lipinski definition) is 2. The molecule has 1 aromatic rings. The number of amides is 1. The molecule has 1 unspecified atom stereocenters. The lowest BCUT2D eigenvalue weighted by Crippen LogP contribution is -2.29. The summed E-state index contributed by atoms with van der Waals surface area (Å²) < 4.78 is 0. The quantitative estimate of drug-likeness (QED) is 0.838. The summed E-state index contributed by atoms with van der Waals surface area (Å²) in [4.78, 5) is 22.7. The molecule has 18 heavy (non-hydrogen) atoms. The second kappa shape index (κ2) is 5.21. The van der Waals surface area contributed by atoms with E-state index in [2.05, 4.69) is 12.2 Å². The van der Waals surface area contributed by atoms with Gasteiger partial charge in [-0.3, -0.25) is 4.79 Å². The van der Waals surface area contributed by atoms with Crippen LogP contribution in [0.1, 0.15) is 40.5 Å². The first-order chi connectivity index (χ1) is 8.58. The van der Waals surface area contributed by atoms with E-state index in [-0.39, 0.29) is 11.5 Å². The lowest BCUT2D eigenvalue weighted by atomic mass is 10.1. The van der Waals surface area contributed by atoms with Crippen LogP contribution in [0.25, 0.3) is 0 Å². The molecule has 96 valence electrons. The molecule has 0 aromatic heterocycles. The highest BCUT2D eigenvalue weighted by Gasteiger charge is 2.27. The Morgan fingerprint density at radius 2 is 2.06 bits per heavy atom. The van der Waals surface area contributed by atoms with Crippen molar-refractivity contribution in [3.8, 4) is 0 Å². The Hall–Kier alpha value is -1.84. The third-order valence-electron chi connectivity index (χ3n) is 3.38. The maximum Gasteiger partial charge on any atom is 0.335 e. The smallest absolute Gasteiger partial charge is 0.335 e. The zero-order valence-corrected chi connectivity index (χ0v) is 10.3. The van der Waals surface area contributed by atoms with Gasteiger partial charge in [0, 0.05) is 12.1 Å². The van der Waals surface area contributed by atoms with Crippen molar-refractivity contribution >= 4 is 11.9 Å². The summed E-state index contributed by atoms with van der Waals surface area (Å²) in [5.41, 5.74) is 0.538. The molecule has 1 saturated carbocycles. The lowest BCUT2D eigenvalue weighted by Gasteiger charge is -2.11. The van der Waals surface area contributed by atoms with Crippen molar-refractivity contribution < 1.29 is 14.7 Å². The molecule has 1 atom stereocenters. The summed E-state index contributed by atoms with van der Waals surface area (Å²) in [5.74, 6) is 0.0221. The molecule has 0 saturated heterocycles. The van der Waals surface area contributed by atoms with Gasteiger partial charge in [-0.05, 0) is 42.9 Å². The molecule has 4 heteroatoms. The van der Waals surface area contributed by atoms with Crippen LogP contribution in [0.3, 0.4) is 0 Å². The van der Waals surface area contributed by atoms with Gasteiger partial charge in [0.2, 0.25) is 0 Å². The number of hydrogen-bond acceptors (Lipinski definition) is 2. The van der Waals surface area contributed by atoms with Gasteiger partial charge in [-0.15, -0.1) is 0 Å². The summed E-state index contributed by atoms with van der Waals surface area (Å²) in [6.45, 7) is 2.78. The van der Waals surface area contributed by atoms with Crippen LogP contribution in [0.5, 0.6) is 0 Å². The number of carbonyl (C=O) groups is 2. The number of benzene rings is 1. The Morgan fingerprint density at radius 3 is 2.67 bits per heavy atom. The molecule has 1 aromatic carbocycles. The monoisotopic (exact) mass is 247 g/mol. The van der Waals surface area contributed by atoms with Crippen LogP contribution >= 0.6 is 0 Å². The minimum absolute atomic E-state index is 0.137. The fourth-order valence-corrected chi connectivity index (χ4v) is 1.98. The van der Waals surface area contributed by atoms with E-state index in [1.807, 2.05) is 0 Å². The topological polar surface area (TPSA) is 66.4 Å². The second-order valence-electron chi connectivity index (χ2n) is 4.91. The molecule has 2 rings (SSSR count). The predicted octanol–water partition coefficient (Wildman–Crippen LogP) is 2.16. The molecule has 0 heterocycles. The standard InChI is InChI=1S/C14H17NO3/c1-9(10-5-6-10)8-15-13(16)11-3-2-4-12(7-11)14(17)18/h2-4,7,9-10H,5-6,8H2,1H3,(H,15,16)(H,17,18). The van der Waals surface area contributed by atoms with Crippen LogP contribution < -0.4 is 5.32 Å². The fourth-order valence-electron chi connectivity index (χ4n) is 1.98. The Bertz CT molecular complexity index is 466. The summed E-state index contributed by atoms with van der Waals surface area (Å²) >= 11 is 0. The maximum atomic E-state index is 11.9.